The van der Waals surface area contributed by atoms with Gasteiger partial charge in [0.1, 0.15) is 0 Å². The molecule has 2 N–H and O–H groups in total. The van der Waals surface area contributed by atoms with Crippen molar-refractivity contribution in [2.75, 3.05) is 27.3 Å². The molecule has 2 unspecified atom stereocenters. The van der Waals surface area contributed by atoms with Crippen molar-refractivity contribution in [3.05, 3.63) is 11.7 Å². The minimum atomic E-state index is -0.0299. The molecule has 0 radical (unpaired) electrons. The highest BCUT2D eigenvalue weighted by atomic mass is 16.5. The molecular weight excluding hydrogens is 196 g/mol. The molecular formula is C9H16N4O2. The first-order valence-electron chi connectivity index (χ1n) is 4.97. The van der Waals surface area contributed by atoms with Gasteiger partial charge >= 0.3 is 0 Å². The molecule has 1 fully saturated rings. The minimum absolute atomic E-state index is 0.0299. The SMILES string of the molecule is CN(C)Cc1noc(C2COCC2N)n1. The quantitative estimate of drug-likeness (QED) is 0.732. The second-order valence-corrected chi connectivity index (χ2v) is 4.09. The molecule has 2 atom stereocenters. The third kappa shape index (κ3) is 2.34. The monoisotopic (exact) mass is 212 g/mol. The summed E-state index contributed by atoms with van der Waals surface area (Å²) in [6, 6.07) is -0.0299. The molecule has 0 aromatic carbocycles. The van der Waals surface area contributed by atoms with Crippen LogP contribution in [0.3, 0.4) is 0 Å². The van der Waals surface area contributed by atoms with Gasteiger partial charge in [-0.1, -0.05) is 5.16 Å². The van der Waals surface area contributed by atoms with Crippen LogP contribution >= 0.6 is 0 Å². The number of ether oxygens (including phenoxy) is 1. The molecule has 0 spiro atoms. The number of aromatic nitrogens is 2. The predicted octanol–water partition coefficient (Wildman–Crippen LogP) is -0.428. The van der Waals surface area contributed by atoms with Crippen LogP contribution in [-0.2, 0) is 11.3 Å². The van der Waals surface area contributed by atoms with Crippen LogP contribution in [0.15, 0.2) is 4.52 Å². The van der Waals surface area contributed by atoms with Gasteiger partial charge in [-0.05, 0) is 14.1 Å². The second kappa shape index (κ2) is 4.26. The van der Waals surface area contributed by atoms with Gasteiger partial charge in [-0.3, -0.25) is 0 Å². The van der Waals surface area contributed by atoms with E-state index in [1.54, 1.807) is 0 Å². The minimum Gasteiger partial charge on any atom is -0.379 e. The first-order valence-corrected chi connectivity index (χ1v) is 4.97. The van der Waals surface area contributed by atoms with E-state index in [4.69, 9.17) is 15.0 Å². The molecule has 1 aliphatic heterocycles. The first kappa shape index (κ1) is 10.5. The summed E-state index contributed by atoms with van der Waals surface area (Å²) in [7, 11) is 3.92. The van der Waals surface area contributed by atoms with Gasteiger partial charge in [0.05, 0.1) is 25.7 Å². The van der Waals surface area contributed by atoms with E-state index in [0.29, 0.717) is 31.5 Å². The lowest BCUT2D eigenvalue weighted by Gasteiger charge is -2.06. The molecule has 15 heavy (non-hydrogen) atoms. The standard InChI is InChI=1S/C9H16N4O2/c1-13(2)3-8-11-9(15-12-8)6-4-14-5-7(6)10/h6-7H,3-5,10H2,1-2H3. The number of nitrogens with two attached hydrogens (primary N) is 1. The van der Waals surface area contributed by atoms with Gasteiger partial charge in [0, 0.05) is 6.04 Å². The summed E-state index contributed by atoms with van der Waals surface area (Å²) < 4.78 is 10.4. The Morgan fingerprint density at radius 1 is 1.47 bits per heavy atom. The molecule has 0 aliphatic carbocycles. The van der Waals surface area contributed by atoms with Crippen LogP contribution in [-0.4, -0.2) is 48.4 Å². The van der Waals surface area contributed by atoms with E-state index in [1.165, 1.54) is 0 Å². The molecule has 1 aromatic heterocycles. The maximum Gasteiger partial charge on any atom is 0.233 e. The van der Waals surface area contributed by atoms with E-state index in [0.717, 1.165) is 0 Å². The van der Waals surface area contributed by atoms with Gasteiger partial charge in [0.2, 0.25) is 5.89 Å². The fourth-order valence-corrected chi connectivity index (χ4v) is 1.59. The number of nitrogens with zero attached hydrogens (tertiary/aromatic N) is 3. The van der Waals surface area contributed by atoms with Crippen molar-refractivity contribution in [1.29, 1.82) is 0 Å². The highest BCUT2D eigenvalue weighted by Gasteiger charge is 2.31. The summed E-state index contributed by atoms with van der Waals surface area (Å²) in [6.45, 7) is 1.81. The molecule has 6 heteroatoms. The van der Waals surface area contributed by atoms with E-state index in [9.17, 15) is 0 Å². The molecule has 1 aromatic rings. The van der Waals surface area contributed by atoms with Crippen LogP contribution < -0.4 is 5.73 Å². The van der Waals surface area contributed by atoms with Crippen molar-refractivity contribution in [3.8, 4) is 0 Å². The Balaban J connectivity index is 2.06. The first-order chi connectivity index (χ1) is 7.16. The predicted molar refractivity (Wildman–Crippen MR) is 53.2 cm³/mol. The largest absolute Gasteiger partial charge is 0.379 e. The lowest BCUT2D eigenvalue weighted by atomic mass is 10.1. The number of hydrogen-bond acceptors (Lipinski definition) is 6. The van der Waals surface area contributed by atoms with Crippen LogP contribution in [0, 0.1) is 0 Å². The molecule has 0 saturated carbocycles. The highest BCUT2D eigenvalue weighted by Crippen LogP contribution is 2.22. The van der Waals surface area contributed by atoms with Crippen molar-refractivity contribution < 1.29 is 9.26 Å². The van der Waals surface area contributed by atoms with Crippen molar-refractivity contribution in [2.24, 2.45) is 5.73 Å². The van der Waals surface area contributed by atoms with Crippen molar-refractivity contribution >= 4 is 0 Å². The third-order valence-corrected chi connectivity index (χ3v) is 2.38. The Morgan fingerprint density at radius 2 is 2.27 bits per heavy atom. The van der Waals surface area contributed by atoms with E-state index >= 15 is 0 Å². The van der Waals surface area contributed by atoms with Crippen molar-refractivity contribution in [3.63, 3.8) is 0 Å². The van der Waals surface area contributed by atoms with Crippen LogP contribution in [0.25, 0.3) is 0 Å². The molecule has 1 aliphatic rings. The Kier molecular flexibility index (Phi) is 2.99. The van der Waals surface area contributed by atoms with Gasteiger partial charge < -0.3 is 19.9 Å². The zero-order chi connectivity index (χ0) is 10.8. The Bertz CT molecular complexity index is 326. The summed E-state index contributed by atoms with van der Waals surface area (Å²) in [5.74, 6) is 1.33. The van der Waals surface area contributed by atoms with Gasteiger partial charge in [-0.2, -0.15) is 4.98 Å². The van der Waals surface area contributed by atoms with Gasteiger partial charge in [-0.25, -0.2) is 0 Å². The average Bonchev–Trinajstić information content (AvgIpc) is 2.72. The maximum atomic E-state index is 5.86. The smallest absolute Gasteiger partial charge is 0.233 e. The molecule has 6 nitrogen and oxygen atoms in total. The summed E-state index contributed by atoms with van der Waals surface area (Å²) in [5.41, 5.74) is 5.86. The molecule has 84 valence electrons. The fraction of sp³-hybridized carbons (Fsp3) is 0.778. The second-order valence-electron chi connectivity index (χ2n) is 4.09. The zero-order valence-corrected chi connectivity index (χ0v) is 9.01. The van der Waals surface area contributed by atoms with Gasteiger partial charge in [0.25, 0.3) is 0 Å². The Hall–Kier alpha value is -0.980. The summed E-state index contributed by atoms with van der Waals surface area (Å²) >= 11 is 0. The third-order valence-electron chi connectivity index (χ3n) is 2.38. The van der Waals surface area contributed by atoms with Crippen LogP contribution in [0.5, 0.6) is 0 Å². The van der Waals surface area contributed by atoms with Crippen LogP contribution in [0.1, 0.15) is 17.6 Å². The molecule has 0 amide bonds. The number of rotatable bonds is 3. The highest BCUT2D eigenvalue weighted by molar-refractivity contribution is 5.01. The fourth-order valence-electron chi connectivity index (χ4n) is 1.59. The van der Waals surface area contributed by atoms with Crippen LogP contribution in [0.2, 0.25) is 0 Å². The summed E-state index contributed by atoms with van der Waals surface area (Å²) in [5, 5.41) is 3.90. The maximum absolute atomic E-state index is 5.86. The topological polar surface area (TPSA) is 77.4 Å². The Labute approximate surface area is 88.4 Å². The van der Waals surface area contributed by atoms with E-state index in [-0.39, 0.29) is 12.0 Å². The van der Waals surface area contributed by atoms with Gasteiger partial charge in [-0.15, -0.1) is 0 Å². The summed E-state index contributed by atoms with van der Waals surface area (Å²) in [6.07, 6.45) is 0. The van der Waals surface area contributed by atoms with Crippen molar-refractivity contribution in [1.82, 2.24) is 15.0 Å². The van der Waals surface area contributed by atoms with E-state index in [1.807, 2.05) is 19.0 Å². The molecule has 1 saturated heterocycles. The van der Waals surface area contributed by atoms with E-state index in [2.05, 4.69) is 10.1 Å². The lowest BCUT2D eigenvalue weighted by molar-refractivity contribution is 0.187. The van der Waals surface area contributed by atoms with Crippen LogP contribution in [0.4, 0.5) is 0 Å². The Morgan fingerprint density at radius 3 is 2.87 bits per heavy atom. The van der Waals surface area contributed by atoms with Crippen molar-refractivity contribution in [2.45, 2.75) is 18.5 Å². The molecule has 2 heterocycles. The molecule has 0 bridgehead atoms. The zero-order valence-electron chi connectivity index (χ0n) is 9.01. The van der Waals surface area contributed by atoms with Gasteiger partial charge in [0.15, 0.2) is 5.82 Å². The van der Waals surface area contributed by atoms with E-state index < -0.39 is 0 Å². The normalized spacial score (nSPS) is 26.4. The lowest BCUT2D eigenvalue weighted by Crippen LogP contribution is -2.27. The average molecular weight is 212 g/mol. The number of hydrogen-bond donors (Lipinski definition) is 1. The molecule has 2 rings (SSSR count). The summed E-state index contributed by atoms with van der Waals surface area (Å²) in [4.78, 5) is 6.29.